The molecule has 0 saturated heterocycles. The van der Waals surface area contributed by atoms with Crippen LogP contribution in [0.25, 0.3) is 21.8 Å². The summed E-state index contributed by atoms with van der Waals surface area (Å²) in [4.78, 5) is 44.7. The van der Waals surface area contributed by atoms with Crippen LogP contribution in [-0.2, 0) is 16.1 Å². The fourth-order valence-electron chi connectivity index (χ4n) is 4.73. The number of aryl methyl sites for hydroxylation is 1. The van der Waals surface area contributed by atoms with E-state index in [1.165, 1.54) is 4.90 Å². The molecule has 5 rings (SSSR count). The van der Waals surface area contributed by atoms with Crippen molar-refractivity contribution in [3.05, 3.63) is 71.8 Å². The minimum atomic E-state index is -0.319. The van der Waals surface area contributed by atoms with Gasteiger partial charge in [0.25, 0.3) is 11.8 Å². The monoisotopic (exact) mass is 484 g/mol. The Morgan fingerprint density at radius 1 is 0.917 bits per heavy atom. The lowest BCUT2D eigenvalue weighted by Crippen LogP contribution is -2.41. The van der Waals surface area contributed by atoms with Crippen molar-refractivity contribution < 1.29 is 19.1 Å². The number of hydrogen-bond donors (Lipinski definition) is 1. The van der Waals surface area contributed by atoms with E-state index in [-0.39, 0.29) is 30.7 Å². The van der Waals surface area contributed by atoms with E-state index in [4.69, 9.17) is 4.74 Å². The Bertz CT molecular complexity index is 1410. The Morgan fingerprint density at radius 3 is 2.36 bits per heavy atom. The number of anilines is 1. The second-order valence-corrected chi connectivity index (χ2v) is 8.75. The van der Waals surface area contributed by atoms with Gasteiger partial charge in [0.15, 0.2) is 0 Å². The van der Waals surface area contributed by atoms with Crippen molar-refractivity contribution in [1.82, 2.24) is 14.5 Å². The van der Waals surface area contributed by atoms with E-state index in [0.717, 1.165) is 22.8 Å². The van der Waals surface area contributed by atoms with Gasteiger partial charge in [-0.1, -0.05) is 36.4 Å². The Balaban J connectivity index is 1.24. The van der Waals surface area contributed by atoms with E-state index >= 15 is 0 Å². The standard InChI is InChI=1S/C28H28N4O4/c1-2-36-18-8-17-31-23-14-4-3-13-22(23)29-28(31)30-24(33)15-7-16-32-26(34)20-11-5-9-19-10-6-12-21(25(19)20)27(32)35/h3-6,9-14H,2,7-8,15-18H2,1H3,(H,29,30,33). The number of hydrogen-bond acceptors (Lipinski definition) is 5. The van der Waals surface area contributed by atoms with Crippen molar-refractivity contribution in [2.24, 2.45) is 0 Å². The summed E-state index contributed by atoms with van der Waals surface area (Å²) in [6.45, 7) is 4.09. The molecule has 0 bridgehead atoms. The van der Waals surface area contributed by atoms with Crippen molar-refractivity contribution in [3.8, 4) is 0 Å². The minimum Gasteiger partial charge on any atom is -0.382 e. The number of rotatable bonds is 10. The first kappa shape index (κ1) is 23.7. The van der Waals surface area contributed by atoms with Crippen molar-refractivity contribution >= 4 is 45.5 Å². The maximum absolute atomic E-state index is 13.1. The van der Waals surface area contributed by atoms with Gasteiger partial charge in [-0.15, -0.1) is 0 Å². The third-order valence-electron chi connectivity index (χ3n) is 6.42. The third-order valence-corrected chi connectivity index (χ3v) is 6.42. The molecule has 1 aliphatic heterocycles. The lowest BCUT2D eigenvalue weighted by atomic mass is 9.94. The van der Waals surface area contributed by atoms with Gasteiger partial charge in [0.05, 0.1) is 11.0 Å². The summed E-state index contributed by atoms with van der Waals surface area (Å²) in [6, 6.07) is 18.7. The van der Waals surface area contributed by atoms with Crippen LogP contribution in [0.2, 0.25) is 0 Å². The van der Waals surface area contributed by atoms with E-state index in [1.54, 1.807) is 12.1 Å². The number of nitrogens with one attached hydrogen (secondary N) is 1. The molecular weight excluding hydrogens is 456 g/mol. The number of imidazole rings is 1. The average molecular weight is 485 g/mol. The van der Waals surface area contributed by atoms with Gasteiger partial charge in [-0.25, -0.2) is 4.98 Å². The van der Waals surface area contributed by atoms with Gasteiger partial charge >= 0.3 is 0 Å². The van der Waals surface area contributed by atoms with Crippen molar-refractivity contribution in [1.29, 1.82) is 0 Å². The summed E-state index contributed by atoms with van der Waals surface area (Å²) in [7, 11) is 0. The molecule has 0 saturated carbocycles. The molecule has 3 aromatic carbocycles. The lowest BCUT2D eigenvalue weighted by Gasteiger charge is -2.27. The molecule has 1 N–H and O–H groups in total. The highest BCUT2D eigenvalue weighted by Gasteiger charge is 2.32. The topological polar surface area (TPSA) is 93.5 Å². The van der Waals surface area contributed by atoms with Gasteiger partial charge in [0, 0.05) is 49.2 Å². The number of carbonyl (C=O) groups is 3. The van der Waals surface area contributed by atoms with E-state index < -0.39 is 0 Å². The highest BCUT2D eigenvalue weighted by Crippen LogP contribution is 2.30. The van der Waals surface area contributed by atoms with Crippen LogP contribution < -0.4 is 5.32 Å². The number of carbonyl (C=O) groups excluding carboxylic acids is 3. The SMILES string of the molecule is CCOCCCn1c(NC(=O)CCCN2C(=O)c3cccc4cccc(c34)C2=O)nc2ccccc21. The van der Waals surface area contributed by atoms with Gasteiger partial charge in [-0.3, -0.25) is 24.6 Å². The lowest BCUT2D eigenvalue weighted by molar-refractivity contribution is -0.116. The average Bonchev–Trinajstić information content (AvgIpc) is 3.23. The van der Waals surface area contributed by atoms with Crippen LogP contribution in [0, 0.1) is 0 Å². The Kier molecular flexibility index (Phi) is 6.77. The number of para-hydroxylation sites is 2. The summed E-state index contributed by atoms with van der Waals surface area (Å²) in [5.74, 6) is -0.360. The molecule has 184 valence electrons. The number of nitrogens with zero attached hydrogens (tertiary/aromatic N) is 3. The first-order valence-electron chi connectivity index (χ1n) is 12.3. The smallest absolute Gasteiger partial charge is 0.261 e. The Morgan fingerprint density at radius 2 is 1.64 bits per heavy atom. The van der Waals surface area contributed by atoms with Crippen LogP contribution in [0.4, 0.5) is 5.95 Å². The molecule has 3 amide bonds. The van der Waals surface area contributed by atoms with Crippen molar-refractivity contribution in [3.63, 3.8) is 0 Å². The molecule has 0 fully saturated rings. The number of amides is 3. The van der Waals surface area contributed by atoms with Crippen molar-refractivity contribution in [2.75, 3.05) is 25.1 Å². The fourth-order valence-corrected chi connectivity index (χ4v) is 4.73. The first-order chi connectivity index (χ1) is 17.6. The molecule has 8 heteroatoms. The van der Waals surface area contributed by atoms with Gasteiger partial charge in [-0.05, 0) is 49.4 Å². The summed E-state index contributed by atoms with van der Waals surface area (Å²) < 4.78 is 7.44. The van der Waals surface area contributed by atoms with Crippen LogP contribution in [-0.4, -0.2) is 51.9 Å². The van der Waals surface area contributed by atoms with Gasteiger partial charge in [-0.2, -0.15) is 0 Å². The molecule has 0 spiro atoms. The van der Waals surface area contributed by atoms with Crippen molar-refractivity contribution in [2.45, 2.75) is 32.7 Å². The maximum atomic E-state index is 13.1. The minimum absolute atomic E-state index is 0.158. The molecule has 1 aliphatic rings. The number of aromatic nitrogens is 2. The van der Waals surface area contributed by atoms with Crippen LogP contribution >= 0.6 is 0 Å². The zero-order chi connectivity index (χ0) is 25.1. The summed E-state index contributed by atoms with van der Waals surface area (Å²) in [5.41, 5.74) is 2.80. The molecule has 0 atom stereocenters. The molecule has 36 heavy (non-hydrogen) atoms. The Hall–Kier alpha value is -4.04. The molecule has 8 nitrogen and oxygen atoms in total. The van der Waals surface area contributed by atoms with Gasteiger partial charge in [0.2, 0.25) is 11.9 Å². The predicted molar refractivity (Wildman–Crippen MR) is 138 cm³/mol. The van der Waals surface area contributed by atoms with E-state index in [1.807, 2.05) is 60.0 Å². The molecular formula is C28H28N4O4. The van der Waals surface area contributed by atoms with Crippen LogP contribution in [0.5, 0.6) is 0 Å². The Labute approximate surface area is 208 Å². The zero-order valence-corrected chi connectivity index (χ0v) is 20.2. The summed E-state index contributed by atoms with van der Waals surface area (Å²) in [5, 5.41) is 4.49. The number of ether oxygens (including phenoxy) is 1. The molecule has 0 radical (unpaired) electrons. The number of benzene rings is 3. The quantitative estimate of drug-likeness (QED) is 0.262. The van der Waals surface area contributed by atoms with Crippen LogP contribution in [0.1, 0.15) is 46.9 Å². The normalized spacial score (nSPS) is 13.1. The molecule has 0 unspecified atom stereocenters. The van der Waals surface area contributed by atoms with E-state index in [0.29, 0.717) is 48.6 Å². The number of imide groups is 1. The predicted octanol–water partition coefficient (Wildman–Crippen LogP) is 4.63. The fraction of sp³-hybridized carbons (Fsp3) is 0.286. The van der Waals surface area contributed by atoms with E-state index in [9.17, 15) is 14.4 Å². The first-order valence-corrected chi connectivity index (χ1v) is 12.3. The van der Waals surface area contributed by atoms with Gasteiger partial charge < -0.3 is 9.30 Å². The largest absolute Gasteiger partial charge is 0.382 e. The highest BCUT2D eigenvalue weighted by atomic mass is 16.5. The summed E-state index contributed by atoms with van der Waals surface area (Å²) >= 11 is 0. The van der Waals surface area contributed by atoms with E-state index in [2.05, 4.69) is 10.3 Å². The third kappa shape index (κ3) is 4.47. The van der Waals surface area contributed by atoms with Crippen LogP contribution in [0.3, 0.4) is 0 Å². The molecule has 1 aromatic heterocycles. The second kappa shape index (κ2) is 10.3. The zero-order valence-electron chi connectivity index (χ0n) is 20.2. The summed E-state index contributed by atoms with van der Waals surface area (Å²) in [6.07, 6.45) is 1.31. The molecule has 2 heterocycles. The van der Waals surface area contributed by atoms with Crippen LogP contribution in [0.15, 0.2) is 60.7 Å². The van der Waals surface area contributed by atoms with Gasteiger partial charge in [0.1, 0.15) is 0 Å². The molecule has 0 aliphatic carbocycles. The number of fused-ring (bicyclic) bond motifs is 1. The molecule has 4 aromatic rings. The highest BCUT2D eigenvalue weighted by molar-refractivity contribution is 6.25. The second-order valence-electron chi connectivity index (χ2n) is 8.75. The maximum Gasteiger partial charge on any atom is 0.261 e.